The fourth-order valence-corrected chi connectivity index (χ4v) is 3.85. The van der Waals surface area contributed by atoms with Crippen molar-refractivity contribution < 1.29 is 27.1 Å². The second-order valence-corrected chi connectivity index (χ2v) is 7.22. The third-order valence-electron chi connectivity index (χ3n) is 3.66. The predicted molar refractivity (Wildman–Crippen MR) is 90.7 cm³/mol. The summed E-state index contributed by atoms with van der Waals surface area (Å²) in [6.45, 7) is 0.101. The van der Waals surface area contributed by atoms with Crippen molar-refractivity contribution in [3.05, 3.63) is 48.3 Å². The minimum atomic E-state index is -4.15. The Morgan fingerprint density at radius 3 is 2.42 bits per heavy atom. The smallest absolute Gasteiger partial charge is 0.264 e. The molecule has 1 aliphatic rings. The van der Waals surface area contributed by atoms with E-state index < -0.39 is 28.3 Å². The number of ether oxygens (including phenoxy) is 2. The Hall–Kier alpha value is -2.85. The van der Waals surface area contributed by atoms with Crippen LogP contribution in [0.2, 0.25) is 0 Å². The van der Waals surface area contributed by atoms with E-state index in [1.165, 1.54) is 30.3 Å². The molecule has 0 atom stereocenters. The fourth-order valence-electron chi connectivity index (χ4n) is 2.41. The van der Waals surface area contributed by atoms with Gasteiger partial charge in [-0.2, -0.15) is 0 Å². The second-order valence-electron chi connectivity index (χ2n) is 5.36. The van der Waals surface area contributed by atoms with Crippen LogP contribution in [0, 0.1) is 5.82 Å². The Bertz CT molecular complexity index is 918. The maximum Gasteiger partial charge on any atom is 0.264 e. The Kier molecular flexibility index (Phi) is 4.96. The molecule has 0 fully saturated rings. The second kappa shape index (κ2) is 7.18. The third-order valence-corrected chi connectivity index (χ3v) is 5.43. The lowest BCUT2D eigenvalue weighted by Crippen LogP contribution is -2.43. The SMILES string of the molecule is NNC(=O)CN(c1ccc(F)cc1)S(=O)(=O)c1ccc2c(c1)OCCO2. The van der Waals surface area contributed by atoms with Crippen LogP contribution in [0.15, 0.2) is 47.4 Å². The van der Waals surface area contributed by atoms with Gasteiger partial charge in [0.2, 0.25) is 0 Å². The van der Waals surface area contributed by atoms with E-state index in [0.717, 1.165) is 16.4 Å². The minimum Gasteiger partial charge on any atom is -0.486 e. The van der Waals surface area contributed by atoms with E-state index in [0.29, 0.717) is 24.7 Å². The minimum absolute atomic E-state index is 0.101. The number of halogens is 1. The largest absolute Gasteiger partial charge is 0.486 e. The molecule has 0 radical (unpaired) electrons. The molecular formula is C16H16FN3O5S. The van der Waals surface area contributed by atoms with Crippen LogP contribution in [0.1, 0.15) is 0 Å². The van der Waals surface area contributed by atoms with Crippen LogP contribution in [0.3, 0.4) is 0 Å². The number of benzene rings is 2. The lowest BCUT2D eigenvalue weighted by molar-refractivity contribution is -0.119. The van der Waals surface area contributed by atoms with Gasteiger partial charge in [-0.05, 0) is 36.4 Å². The molecule has 26 heavy (non-hydrogen) atoms. The number of amides is 1. The Balaban J connectivity index is 2.03. The number of nitrogens with one attached hydrogen (secondary N) is 1. The van der Waals surface area contributed by atoms with E-state index in [9.17, 15) is 17.6 Å². The van der Waals surface area contributed by atoms with Crippen molar-refractivity contribution in [2.75, 3.05) is 24.1 Å². The summed E-state index contributed by atoms with van der Waals surface area (Å²) in [5, 5.41) is 0. The summed E-state index contributed by atoms with van der Waals surface area (Å²) in [4.78, 5) is 11.6. The monoisotopic (exact) mass is 381 g/mol. The number of nitrogens with two attached hydrogens (primary N) is 1. The lowest BCUT2D eigenvalue weighted by atomic mass is 10.3. The number of rotatable bonds is 5. The fraction of sp³-hybridized carbons (Fsp3) is 0.188. The molecule has 0 aromatic heterocycles. The highest BCUT2D eigenvalue weighted by Crippen LogP contribution is 2.34. The van der Waals surface area contributed by atoms with Gasteiger partial charge < -0.3 is 9.47 Å². The molecule has 0 saturated heterocycles. The molecule has 2 aromatic rings. The molecule has 1 heterocycles. The molecule has 8 nitrogen and oxygen atoms in total. The first-order valence-corrected chi connectivity index (χ1v) is 9.03. The maximum atomic E-state index is 13.2. The average molecular weight is 381 g/mol. The first kappa shape index (κ1) is 18.0. The summed E-state index contributed by atoms with van der Waals surface area (Å²) in [6.07, 6.45) is 0. The van der Waals surface area contributed by atoms with E-state index in [2.05, 4.69) is 0 Å². The number of hydrogen-bond donors (Lipinski definition) is 2. The first-order valence-electron chi connectivity index (χ1n) is 7.59. The van der Waals surface area contributed by atoms with Crippen LogP contribution in [0.5, 0.6) is 11.5 Å². The van der Waals surface area contributed by atoms with E-state index in [1.54, 1.807) is 0 Å². The molecule has 3 N–H and O–H groups in total. The predicted octanol–water partition coefficient (Wildman–Crippen LogP) is 0.782. The number of carbonyl (C=O) groups excluding carboxylic acids is 1. The first-order chi connectivity index (χ1) is 12.4. The van der Waals surface area contributed by atoms with Crippen molar-refractivity contribution in [3.8, 4) is 11.5 Å². The van der Waals surface area contributed by atoms with Crippen LogP contribution < -0.4 is 25.0 Å². The number of hydrogen-bond acceptors (Lipinski definition) is 6. The van der Waals surface area contributed by atoms with Crippen molar-refractivity contribution in [1.82, 2.24) is 5.43 Å². The molecule has 0 saturated carbocycles. The molecule has 138 valence electrons. The summed E-state index contributed by atoms with van der Waals surface area (Å²) in [5.74, 6) is 4.54. The summed E-state index contributed by atoms with van der Waals surface area (Å²) in [5.41, 5.74) is 2.00. The number of fused-ring (bicyclic) bond motifs is 1. The van der Waals surface area contributed by atoms with Gasteiger partial charge in [-0.25, -0.2) is 18.7 Å². The molecule has 2 aromatic carbocycles. The van der Waals surface area contributed by atoms with E-state index in [4.69, 9.17) is 15.3 Å². The lowest BCUT2D eigenvalue weighted by Gasteiger charge is -2.25. The summed E-state index contributed by atoms with van der Waals surface area (Å²) >= 11 is 0. The molecule has 0 aliphatic carbocycles. The Morgan fingerprint density at radius 2 is 1.77 bits per heavy atom. The molecule has 1 amide bonds. The normalized spacial score (nSPS) is 13.2. The zero-order chi connectivity index (χ0) is 18.7. The van der Waals surface area contributed by atoms with Crippen LogP contribution in [0.25, 0.3) is 0 Å². The van der Waals surface area contributed by atoms with Crippen LogP contribution in [-0.4, -0.2) is 34.1 Å². The van der Waals surface area contributed by atoms with E-state index in [-0.39, 0.29) is 10.6 Å². The zero-order valence-corrected chi connectivity index (χ0v) is 14.3. The van der Waals surface area contributed by atoms with Crippen molar-refractivity contribution >= 4 is 21.6 Å². The quantitative estimate of drug-likeness (QED) is 0.450. The van der Waals surface area contributed by atoms with Gasteiger partial charge in [0.1, 0.15) is 25.6 Å². The molecule has 0 spiro atoms. The van der Waals surface area contributed by atoms with Crippen LogP contribution >= 0.6 is 0 Å². The molecule has 3 rings (SSSR count). The number of hydrazine groups is 1. The standard InChI is InChI=1S/C16H16FN3O5S/c17-11-1-3-12(4-2-11)20(10-16(21)19-18)26(22,23)13-5-6-14-15(9-13)25-8-7-24-14/h1-6,9H,7-8,10,18H2,(H,19,21). The number of sulfonamides is 1. The van der Waals surface area contributed by atoms with Gasteiger partial charge in [0, 0.05) is 6.07 Å². The molecule has 0 bridgehead atoms. The van der Waals surface area contributed by atoms with Gasteiger partial charge in [-0.3, -0.25) is 14.5 Å². The van der Waals surface area contributed by atoms with E-state index >= 15 is 0 Å². The molecule has 1 aliphatic heterocycles. The van der Waals surface area contributed by atoms with Gasteiger partial charge in [0.25, 0.3) is 15.9 Å². The highest BCUT2D eigenvalue weighted by Gasteiger charge is 2.28. The number of nitrogens with zero attached hydrogens (tertiary/aromatic N) is 1. The number of anilines is 1. The van der Waals surface area contributed by atoms with Gasteiger partial charge in [0.15, 0.2) is 11.5 Å². The van der Waals surface area contributed by atoms with Gasteiger partial charge in [-0.15, -0.1) is 0 Å². The number of carbonyl (C=O) groups is 1. The molecular weight excluding hydrogens is 365 g/mol. The highest BCUT2D eigenvalue weighted by atomic mass is 32.2. The van der Waals surface area contributed by atoms with Crippen molar-refractivity contribution in [2.24, 2.45) is 5.84 Å². The molecule has 0 unspecified atom stereocenters. The van der Waals surface area contributed by atoms with Crippen molar-refractivity contribution in [3.63, 3.8) is 0 Å². The summed E-state index contributed by atoms with van der Waals surface area (Å²) in [7, 11) is -4.15. The zero-order valence-electron chi connectivity index (χ0n) is 13.5. The third kappa shape index (κ3) is 3.55. The van der Waals surface area contributed by atoms with Gasteiger partial charge in [0.05, 0.1) is 10.6 Å². The topological polar surface area (TPSA) is 111 Å². The van der Waals surface area contributed by atoms with E-state index in [1.807, 2.05) is 5.43 Å². The average Bonchev–Trinajstić information content (AvgIpc) is 2.66. The maximum absolute atomic E-state index is 13.2. The Morgan fingerprint density at radius 1 is 1.12 bits per heavy atom. The van der Waals surface area contributed by atoms with Crippen LogP contribution in [0.4, 0.5) is 10.1 Å². The summed E-state index contributed by atoms with van der Waals surface area (Å²) < 4.78 is 50.9. The van der Waals surface area contributed by atoms with Crippen molar-refractivity contribution in [2.45, 2.75) is 4.90 Å². The highest BCUT2D eigenvalue weighted by molar-refractivity contribution is 7.92. The van der Waals surface area contributed by atoms with Crippen LogP contribution in [-0.2, 0) is 14.8 Å². The summed E-state index contributed by atoms with van der Waals surface area (Å²) in [6, 6.07) is 8.86. The Labute approximate surface area is 149 Å². The van der Waals surface area contributed by atoms with Gasteiger partial charge in [-0.1, -0.05) is 0 Å². The van der Waals surface area contributed by atoms with Crippen molar-refractivity contribution in [1.29, 1.82) is 0 Å². The van der Waals surface area contributed by atoms with Gasteiger partial charge >= 0.3 is 0 Å². The molecule has 10 heteroatoms.